The van der Waals surface area contributed by atoms with E-state index in [1.54, 1.807) is 19.2 Å². The molecule has 2 aliphatic heterocycles. The number of likely N-dealkylation sites (tertiary alicyclic amines) is 1. The molecule has 8 nitrogen and oxygen atoms in total. The van der Waals surface area contributed by atoms with Crippen molar-refractivity contribution in [2.45, 2.75) is 51.8 Å². The first-order chi connectivity index (χ1) is 14.2. The summed E-state index contributed by atoms with van der Waals surface area (Å²) in [6.45, 7) is 4.90. The third kappa shape index (κ3) is 3.57. The van der Waals surface area contributed by atoms with Gasteiger partial charge in [-0.05, 0) is 32.3 Å². The summed E-state index contributed by atoms with van der Waals surface area (Å²) in [4.78, 5) is 19.7. The van der Waals surface area contributed by atoms with E-state index in [-0.39, 0.29) is 17.8 Å². The maximum Gasteiger partial charge on any atom is 0.259 e. The summed E-state index contributed by atoms with van der Waals surface area (Å²) in [5.41, 5.74) is 3.83. The fraction of sp³-hybridized carbons (Fsp3) is 0.571. The van der Waals surface area contributed by atoms with Crippen molar-refractivity contribution in [1.82, 2.24) is 19.7 Å². The second-order valence-electron chi connectivity index (χ2n) is 7.35. The largest absolute Gasteiger partial charge is 0.481 e. The van der Waals surface area contributed by atoms with Crippen LogP contribution in [0.2, 0.25) is 0 Å². The van der Waals surface area contributed by atoms with Gasteiger partial charge in [0.05, 0.1) is 39.2 Å². The minimum Gasteiger partial charge on any atom is -0.481 e. The van der Waals surface area contributed by atoms with Crippen LogP contribution in [0.25, 0.3) is 0 Å². The first kappa shape index (κ1) is 19.7. The molecule has 2 aromatic heterocycles. The Bertz CT molecular complexity index is 895. The monoisotopic (exact) mass is 400 g/mol. The molecule has 1 unspecified atom stereocenters. The Hall–Kier alpha value is -2.61. The second-order valence-corrected chi connectivity index (χ2v) is 7.35. The molecule has 1 atom stereocenters. The van der Waals surface area contributed by atoms with Gasteiger partial charge < -0.3 is 19.1 Å². The number of rotatable bonds is 5. The Balaban J connectivity index is 1.70. The molecule has 29 heavy (non-hydrogen) atoms. The molecular weight excluding hydrogens is 372 g/mol. The molecule has 8 heteroatoms. The summed E-state index contributed by atoms with van der Waals surface area (Å²) in [7, 11) is 3.06. The summed E-state index contributed by atoms with van der Waals surface area (Å²) in [6, 6.07) is 3.35. The van der Waals surface area contributed by atoms with Crippen molar-refractivity contribution in [2.75, 3.05) is 27.4 Å². The molecule has 4 rings (SSSR count). The van der Waals surface area contributed by atoms with Crippen LogP contribution >= 0.6 is 0 Å². The SMILES string of the molecule is CCn1nc(C2CCCCN2C(=O)c2ccc(OC)nc2OC)c2c1CCOC2. The third-order valence-electron chi connectivity index (χ3n) is 5.77. The standard InChI is InChI=1S/C21H28N4O4/c1-4-25-16-10-12-29-13-15(16)19(23-25)17-7-5-6-11-24(17)21(26)14-8-9-18(27-2)22-20(14)28-3/h8-9,17H,4-7,10-13H2,1-3H3. The Morgan fingerprint density at radius 1 is 1.28 bits per heavy atom. The summed E-state index contributed by atoms with van der Waals surface area (Å²) in [5.74, 6) is 0.614. The number of hydrogen-bond donors (Lipinski definition) is 0. The number of aromatic nitrogens is 3. The van der Waals surface area contributed by atoms with Crippen LogP contribution in [0.5, 0.6) is 11.8 Å². The highest BCUT2D eigenvalue weighted by molar-refractivity contribution is 5.96. The van der Waals surface area contributed by atoms with Crippen LogP contribution in [-0.4, -0.2) is 52.9 Å². The molecule has 2 aromatic rings. The van der Waals surface area contributed by atoms with Crippen LogP contribution in [0.4, 0.5) is 0 Å². The number of methoxy groups -OCH3 is 2. The van der Waals surface area contributed by atoms with Gasteiger partial charge >= 0.3 is 0 Å². The van der Waals surface area contributed by atoms with Gasteiger partial charge in [0.25, 0.3) is 5.91 Å². The van der Waals surface area contributed by atoms with E-state index in [0.717, 1.165) is 50.1 Å². The lowest BCUT2D eigenvalue weighted by Crippen LogP contribution is -2.39. The molecule has 1 saturated heterocycles. The van der Waals surface area contributed by atoms with Crippen molar-refractivity contribution in [1.29, 1.82) is 0 Å². The molecule has 0 bridgehead atoms. The fourth-order valence-electron chi connectivity index (χ4n) is 4.33. The maximum absolute atomic E-state index is 13.5. The van der Waals surface area contributed by atoms with Crippen LogP contribution in [0.3, 0.4) is 0 Å². The first-order valence-corrected chi connectivity index (χ1v) is 10.2. The Morgan fingerprint density at radius 2 is 2.14 bits per heavy atom. The van der Waals surface area contributed by atoms with Crippen LogP contribution in [-0.2, 0) is 24.3 Å². The van der Waals surface area contributed by atoms with E-state index >= 15 is 0 Å². The second kappa shape index (κ2) is 8.41. The topological polar surface area (TPSA) is 78.7 Å². The van der Waals surface area contributed by atoms with Gasteiger partial charge in [-0.15, -0.1) is 0 Å². The van der Waals surface area contributed by atoms with Crippen LogP contribution in [0, 0.1) is 0 Å². The van der Waals surface area contributed by atoms with Crippen LogP contribution < -0.4 is 9.47 Å². The number of carbonyl (C=O) groups is 1. The zero-order valence-corrected chi connectivity index (χ0v) is 17.3. The number of hydrogen-bond acceptors (Lipinski definition) is 6. The number of nitrogens with zero attached hydrogens (tertiary/aromatic N) is 4. The van der Waals surface area contributed by atoms with Crippen molar-refractivity contribution >= 4 is 5.91 Å². The van der Waals surface area contributed by atoms with Gasteiger partial charge in [-0.1, -0.05) is 0 Å². The van der Waals surface area contributed by atoms with Gasteiger partial charge in [0, 0.05) is 36.8 Å². The molecule has 0 radical (unpaired) electrons. The number of carbonyl (C=O) groups excluding carboxylic acids is 1. The van der Waals surface area contributed by atoms with E-state index in [9.17, 15) is 4.79 Å². The molecule has 0 saturated carbocycles. The number of fused-ring (bicyclic) bond motifs is 1. The van der Waals surface area contributed by atoms with Crippen molar-refractivity contribution < 1.29 is 19.0 Å². The average molecular weight is 400 g/mol. The number of piperidine rings is 1. The van der Waals surface area contributed by atoms with E-state index in [1.807, 2.05) is 4.90 Å². The summed E-state index contributed by atoms with van der Waals surface area (Å²) >= 11 is 0. The van der Waals surface area contributed by atoms with Gasteiger partial charge in [0.2, 0.25) is 11.8 Å². The van der Waals surface area contributed by atoms with Crippen molar-refractivity contribution in [2.24, 2.45) is 0 Å². The Kier molecular flexibility index (Phi) is 5.71. The van der Waals surface area contributed by atoms with Crippen molar-refractivity contribution in [3.8, 4) is 11.8 Å². The third-order valence-corrected chi connectivity index (χ3v) is 5.77. The number of amides is 1. The van der Waals surface area contributed by atoms with Crippen molar-refractivity contribution in [3.63, 3.8) is 0 Å². The predicted octanol–water partition coefficient (Wildman–Crippen LogP) is 2.76. The van der Waals surface area contributed by atoms with Gasteiger partial charge in [-0.2, -0.15) is 10.1 Å². The Morgan fingerprint density at radius 3 is 2.90 bits per heavy atom. The lowest BCUT2D eigenvalue weighted by Gasteiger charge is -2.35. The van der Waals surface area contributed by atoms with Gasteiger partial charge in [0.15, 0.2) is 0 Å². The number of ether oxygens (including phenoxy) is 3. The van der Waals surface area contributed by atoms with Gasteiger partial charge in [0.1, 0.15) is 5.56 Å². The highest BCUT2D eigenvalue weighted by Gasteiger charge is 2.35. The minimum atomic E-state index is -0.0850. The zero-order chi connectivity index (χ0) is 20.4. The number of aryl methyl sites for hydroxylation is 1. The molecule has 0 aromatic carbocycles. The molecule has 0 spiro atoms. The minimum absolute atomic E-state index is 0.0636. The molecule has 1 amide bonds. The number of pyridine rings is 1. The quantitative estimate of drug-likeness (QED) is 0.768. The molecule has 2 aliphatic rings. The maximum atomic E-state index is 13.5. The van der Waals surface area contributed by atoms with Crippen molar-refractivity contribution in [3.05, 3.63) is 34.6 Å². The van der Waals surface area contributed by atoms with E-state index in [4.69, 9.17) is 19.3 Å². The summed E-state index contributed by atoms with van der Waals surface area (Å²) < 4.78 is 18.3. The summed E-state index contributed by atoms with van der Waals surface area (Å²) in [6.07, 6.45) is 3.81. The van der Waals surface area contributed by atoms with E-state index in [0.29, 0.717) is 24.6 Å². The van der Waals surface area contributed by atoms with E-state index < -0.39 is 0 Å². The molecule has 0 N–H and O–H groups in total. The van der Waals surface area contributed by atoms with Gasteiger partial charge in [-0.25, -0.2) is 0 Å². The lowest BCUT2D eigenvalue weighted by molar-refractivity contribution is 0.0592. The fourth-order valence-corrected chi connectivity index (χ4v) is 4.33. The smallest absolute Gasteiger partial charge is 0.259 e. The highest BCUT2D eigenvalue weighted by atomic mass is 16.5. The lowest BCUT2D eigenvalue weighted by atomic mass is 9.94. The van der Waals surface area contributed by atoms with E-state index in [2.05, 4.69) is 16.6 Å². The van der Waals surface area contributed by atoms with Crippen LogP contribution in [0.1, 0.15) is 59.5 Å². The molecule has 4 heterocycles. The molecule has 156 valence electrons. The molecule has 1 fully saturated rings. The normalized spacial score (nSPS) is 19.0. The first-order valence-electron chi connectivity index (χ1n) is 10.2. The zero-order valence-electron chi connectivity index (χ0n) is 17.3. The Labute approximate surface area is 170 Å². The molecule has 0 aliphatic carbocycles. The van der Waals surface area contributed by atoms with Gasteiger partial charge in [-0.3, -0.25) is 9.48 Å². The van der Waals surface area contributed by atoms with Crippen LogP contribution in [0.15, 0.2) is 12.1 Å². The average Bonchev–Trinajstić information content (AvgIpc) is 3.17. The van der Waals surface area contributed by atoms with E-state index in [1.165, 1.54) is 12.8 Å². The predicted molar refractivity (Wildman–Crippen MR) is 106 cm³/mol. The molecular formula is C21H28N4O4. The summed E-state index contributed by atoms with van der Waals surface area (Å²) in [5, 5.41) is 4.91. The highest BCUT2D eigenvalue weighted by Crippen LogP contribution is 2.36.